The number of nitrogens with zero attached hydrogens (tertiary/aromatic N) is 2. The van der Waals surface area contributed by atoms with E-state index < -0.39 is 4.92 Å². The predicted octanol–water partition coefficient (Wildman–Crippen LogP) is 4.00. The SMILES string of the molecule is Cc1cc(NC(=O)Cc2ccc(C)s2)c2cc([N+](=O)[O-])ccc2n1. The Hall–Kier alpha value is -2.80. The van der Waals surface area contributed by atoms with Crippen LogP contribution in [0.3, 0.4) is 0 Å². The summed E-state index contributed by atoms with van der Waals surface area (Å²) in [6.45, 7) is 3.81. The van der Waals surface area contributed by atoms with E-state index in [4.69, 9.17) is 0 Å². The zero-order valence-electron chi connectivity index (χ0n) is 13.2. The van der Waals surface area contributed by atoms with Crippen LogP contribution < -0.4 is 5.32 Å². The van der Waals surface area contributed by atoms with Gasteiger partial charge in [0.2, 0.25) is 5.91 Å². The van der Waals surface area contributed by atoms with Crippen molar-refractivity contribution in [2.24, 2.45) is 0 Å². The molecular weight excluding hydrogens is 326 g/mol. The van der Waals surface area contributed by atoms with Gasteiger partial charge >= 0.3 is 0 Å². The Kier molecular flexibility index (Phi) is 4.26. The molecule has 0 fully saturated rings. The number of nitrogens with one attached hydrogen (secondary N) is 1. The molecule has 7 heteroatoms. The molecule has 0 aliphatic rings. The number of anilines is 1. The first-order valence-corrected chi connectivity index (χ1v) is 8.15. The van der Waals surface area contributed by atoms with Crippen molar-refractivity contribution in [2.75, 3.05) is 5.32 Å². The Morgan fingerprint density at radius 1 is 1.25 bits per heavy atom. The van der Waals surface area contributed by atoms with E-state index in [0.29, 0.717) is 16.6 Å². The molecule has 0 bridgehead atoms. The van der Waals surface area contributed by atoms with Crippen LogP contribution in [0.25, 0.3) is 10.9 Å². The molecule has 0 aliphatic heterocycles. The minimum Gasteiger partial charge on any atom is -0.325 e. The van der Waals surface area contributed by atoms with Gasteiger partial charge in [-0.3, -0.25) is 19.9 Å². The number of thiophene rings is 1. The highest BCUT2D eigenvalue weighted by molar-refractivity contribution is 7.12. The van der Waals surface area contributed by atoms with Gasteiger partial charge in [0.15, 0.2) is 0 Å². The summed E-state index contributed by atoms with van der Waals surface area (Å²) in [5.41, 5.74) is 1.86. The standard InChI is InChI=1S/C17H15N3O3S/c1-10-7-16(19-17(21)9-13-5-3-11(2)24-13)14-8-12(20(22)23)4-6-15(14)18-10/h3-8H,9H2,1-2H3,(H,18,19,21). The van der Waals surface area contributed by atoms with Crippen molar-refractivity contribution in [3.05, 3.63) is 62.0 Å². The summed E-state index contributed by atoms with van der Waals surface area (Å²) in [7, 11) is 0. The largest absolute Gasteiger partial charge is 0.325 e. The highest BCUT2D eigenvalue weighted by atomic mass is 32.1. The van der Waals surface area contributed by atoms with Crippen LogP contribution in [0, 0.1) is 24.0 Å². The second-order valence-electron chi connectivity index (χ2n) is 5.51. The highest BCUT2D eigenvalue weighted by Gasteiger charge is 2.13. The number of amides is 1. The van der Waals surface area contributed by atoms with Crippen molar-refractivity contribution in [1.29, 1.82) is 0 Å². The van der Waals surface area contributed by atoms with Gasteiger partial charge in [-0.15, -0.1) is 11.3 Å². The van der Waals surface area contributed by atoms with Crippen molar-refractivity contribution in [3.63, 3.8) is 0 Å². The van der Waals surface area contributed by atoms with Gasteiger partial charge in [-0.25, -0.2) is 0 Å². The minimum atomic E-state index is -0.459. The fraction of sp³-hybridized carbons (Fsp3) is 0.176. The van der Waals surface area contributed by atoms with Gasteiger partial charge in [-0.1, -0.05) is 0 Å². The molecule has 1 N–H and O–H groups in total. The third-order valence-corrected chi connectivity index (χ3v) is 4.54. The molecule has 2 aromatic heterocycles. The predicted molar refractivity (Wildman–Crippen MR) is 94.5 cm³/mol. The van der Waals surface area contributed by atoms with E-state index in [1.807, 2.05) is 26.0 Å². The molecule has 1 aromatic carbocycles. The topological polar surface area (TPSA) is 85.1 Å². The average Bonchev–Trinajstić information content (AvgIpc) is 2.91. The number of aryl methyl sites for hydroxylation is 2. The van der Waals surface area contributed by atoms with Crippen molar-refractivity contribution < 1.29 is 9.72 Å². The molecule has 0 aliphatic carbocycles. The van der Waals surface area contributed by atoms with E-state index in [0.717, 1.165) is 15.4 Å². The fourth-order valence-electron chi connectivity index (χ4n) is 2.50. The molecule has 3 aromatic rings. The van der Waals surface area contributed by atoms with Crippen LogP contribution in [0.4, 0.5) is 11.4 Å². The summed E-state index contributed by atoms with van der Waals surface area (Å²) in [5.74, 6) is -0.157. The number of pyridine rings is 1. The number of benzene rings is 1. The third-order valence-electron chi connectivity index (χ3n) is 3.54. The Bertz CT molecular complexity index is 949. The highest BCUT2D eigenvalue weighted by Crippen LogP contribution is 2.27. The summed E-state index contributed by atoms with van der Waals surface area (Å²) < 4.78 is 0. The van der Waals surface area contributed by atoms with E-state index in [9.17, 15) is 14.9 Å². The van der Waals surface area contributed by atoms with E-state index in [1.54, 1.807) is 23.5 Å². The van der Waals surface area contributed by atoms with Crippen molar-refractivity contribution in [2.45, 2.75) is 20.3 Å². The molecule has 0 radical (unpaired) electrons. The number of nitro benzene ring substituents is 1. The number of rotatable bonds is 4. The maximum absolute atomic E-state index is 12.3. The molecule has 0 unspecified atom stereocenters. The van der Waals surface area contributed by atoms with Crippen LogP contribution in [-0.4, -0.2) is 15.8 Å². The molecule has 0 spiro atoms. The second-order valence-corrected chi connectivity index (χ2v) is 6.88. The zero-order valence-corrected chi connectivity index (χ0v) is 14.0. The normalized spacial score (nSPS) is 10.8. The Morgan fingerprint density at radius 2 is 2.04 bits per heavy atom. The van der Waals surface area contributed by atoms with Crippen LogP contribution in [0.5, 0.6) is 0 Å². The average molecular weight is 341 g/mol. The smallest absolute Gasteiger partial charge is 0.270 e. The Balaban J connectivity index is 1.93. The zero-order chi connectivity index (χ0) is 17.3. The maximum Gasteiger partial charge on any atom is 0.270 e. The number of non-ortho nitro benzene ring substituents is 1. The summed E-state index contributed by atoms with van der Waals surface area (Å²) in [4.78, 5) is 29.3. The quantitative estimate of drug-likeness (QED) is 0.574. The first-order chi connectivity index (χ1) is 11.4. The summed E-state index contributed by atoms with van der Waals surface area (Å²) in [6.07, 6.45) is 0.274. The fourth-order valence-corrected chi connectivity index (χ4v) is 3.38. The molecule has 0 atom stereocenters. The molecular formula is C17H15N3O3S. The minimum absolute atomic E-state index is 0.0301. The lowest BCUT2D eigenvalue weighted by Crippen LogP contribution is -2.14. The summed E-state index contributed by atoms with van der Waals surface area (Å²) in [6, 6.07) is 10.1. The van der Waals surface area contributed by atoms with Gasteiger partial charge in [0, 0.05) is 33.0 Å². The molecule has 24 heavy (non-hydrogen) atoms. The first kappa shape index (κ1) is 16.1. The van der Waals surface area contributed by atoms with Crippen molar-refractivity contribution in [3.8, 4) is 0 Å². The van der Waals surface area contributed by atoms with E-state index in [1.165, 1.54) is 12.1 Å². The molecule has 0 saturated heterocycles. The molecule has 0 saturated carbocycles. The lowest BCUT2D eigenvalue weighted by molar-refractivity contribution is -0.384. The molecule has 122 valence electrons. The number of nitro groups is 1. The summed E-state index contributed by atoms with van der Waals surface area (Å²) in [5, 5.41) is 14.4. The number of hydrogen-bond acceptors (Lipinski definition) is 5. The van der Waals surface area contributed by atoms with Crippen molar-refractivity contribution >= 4 is 39.5 Å². The van der Waals surface area contributed by atoms with Gasteiger partial charge in [0.1, 0.15) is 0 Å². The maximum atomic E-state index is 12.3. The first-order valence-electron chi connectivity index (χ1n) is 7.33. The lowest BCUT2D eigenvalue weighted by atomic mass is 10.1. The Morgan fingerprint density at radius 3 is 2.71 bits per heavy atom. The molecule has 6 nitrogen and oxygen atoms in total. The van der Waals surface area contributed by atoms with Gasteiger partial charge in [-0.05, 0) is 38.1 Å². The number of aromatic nitrogens is 1. The summed E-state index contributed by atoms with van der Waals surface area (Å²) >= 11 is 1.58. The van der Waals surface area contributed by atoms with E-state index in [2.05, 4.69) is 10.3 Å². The molecule has 1 amide bonds. The molecule has 2 heterocycles. The van der Waals surface area contributed by atoms with E-state index >= 15 is 0 Å². The van der Waals surface area contributed by atoms with Crippen LogP contribution >= 0.6 is 11.3 Å². The molecule has 3 rings (SSSR count). The second kappa shape index (κ2) is 6.37. The van der Waals surface area contributed by atoms with Gasteiger partial charge in [-0.2, -0.15) is 0 Å². The van der Waals surface area contributed by atoms with Crippen LogP contribution in [0.2, 0.25) is 0 Å². The number of carbonyl (C=O) groups is 1. The van der Waals surface area contributed by atoms with Crippen molar-refractivity contribution in [1.82, 2.24) is 4.98 Å². The third kappa shape index (κ3) is 3.41. The van der Waals surface area contributed by atoms with Gasteiger partial charge in [0.05, 0.1) is 22.5 Å². The van der Waals surface area contributed by atoms with Gasteiger partial charge in [0.25, 0.3) is 5.69 Å². The number of carbonyl (C=O) groups excluding carboxylic acids is 1. The lowest BCUT2D eigenvalue weighted by Gasteiger charge is -2.09. The van der Waals surface area contributed by atoms with Crippen LogP contribution in [0.1, 0.15) is 15.4 Å². The monoisotopic (exact) mass is 341 g/mol. The Labute approximate surface area is 142 Å². The number of hydrogen-bond donors (Lipinski definition) is 1. The van der Waals surface area contributed by atoms with E-state index in [-0.39, 0.29) is 18.0 Å². The van der Waals surface area contributed by atoms with Gasteiger partial charge < -0.3 is 5.32 Å². The van der Waals surface area contributed by atoms with Crippen LogP contribution in [-0.2, 0) is 11.2 Å². The van der Waals surface area contributed by atoms with Crippen LogP contribution in [0.15, 0.2) is 36.4 Å². The number of fused-ring (bicyclic) bond motifs is 1.